The predicted octanol–water partition coefficient (Wildman–Crippen LogP) is 2.83. The number of rotatable bonds is 0. The lowest BCUT2D eigenvalue weighted by Crippen LogP contribution is -2.34. The van der Waals surface area contributed by atoms with Crippen LogP contribution in [0.5, 0.6) is 0 Å². The summed E-state index contributed by atoms with van der Waals surface area (Å²) in [6.07, 6.45) is -4.01. The number of alkyl halides is 3. The quantitative estimate of drug-likeness (QED) is 0.680. The largest absolute Gasteiger partial charge is 0.393 e. The third kappa shape index (κ3) is 1.69. The lowest BCUT2D eigenvalue weighted by atomic mass is 9.94. The van der Waals surface area contributed by atoms with E-state index in [1.54, 1.807) is 12.1 Å². The van der Waals surface area contributed by atoms with Crippen LogP contribution in [0, 0.1) is 5.92 Å². The molecule has 1 N–H and O–H groups in total. The Bertz CT molecular complexity index is 332. The number of anilines is 1. The lowest BCUT2D eigenvalue weighted by molar-refractivity contribution is -0.170. The van der Waals surface area contributed by atoms with Gasteiger partial charge in [-0.15, -0.1) is 0 Å². The summed E-state index contributed by atoms with van der Waals surface area (Å²) in [7, 11) is 0. The van der Waals surface area contributed by atoms with Crippen molar-refractivity contribution in [3.8, 4) is 0 Å². The Morgan fingerprint density at radius 1 is 1.21 bits per heavy atom. The summed E-state index contributed by atoms with van der Waals surface area (Å²) in [6.45, 7) is -0.0134. The first-order valence-corrected chi connectivity index (χ1v) is 4.46. The van der Waals surface area contributed by atoms with Crippen LogP contribution in [0.25, 0.3) is 0 Å². The van der Waals surface area contributed by atoms with Crippen LogP contribution in [0.4, 0.5) is 18.9 Å². The van der Waals surface area contributed by atoms with E-state index >= 15 is 0 Å². The summed E-state index contributed by atoms with van der Waals surface area (Å²) < 4.78 is 37.2. The zero-order chi connectivity index (χ0) is 10.2. The van der Waals surface area contributed by atoms with Gasteiger partial charge in [0.2, 0.25) is 0 Å². The molecule has 0 amide bonds. The Kier molecular flexibility index (Phi) is 2.13. The molecule has 0 fully saturated rings. The molecule has 0 saturated carbocycles. The summed E-state index contributed by atoms with van der Waals surface area (Å²) in [4.78, 5) is 0. The van der Waals surface area contributed by atoms with Gasteiger partial charge in [-0.25, -0.2) is 0 Å². The van der Waals surface area contributed by atoms with Gasteiger partial charge in [0.25, 0.3) is 0 Å². The fourth-order valence-electron chi connectivity index (χ4n) is 1.67. The van der Waals surface area contributed by atoms with Crippen molar-refractivity contribution in [2.24, 2.45) is 5.92 Å². The normalized spacial score (nSPS) is 21.2. The van der Waals surface area contributed by atoms with Crippen molar-refractivity contribution in [3.63, 3.8) is 0 Å². The van der Waals surface area contributed by atoms with E-state index in [-0.39, 0.29) is 13.0 Å². The van der Waals surface area contributed by atoms with Crippen molar-refractivity contribution in [2.75, 3.05) is 11.9 Å². The zero-order valence-corrected chi connectivity index (χ0v) is 7.43. The van der Waals surface area contributed by atoms with E-state index in [2.05, 4.69) is 5.32 Å². The molecule has 0 spiro atoms. The second kappa shape index (κ2) is 3.19. The number of hydrogen-bond donors (Lipinski definition) is 1. The van der Waals surface area contributed by atoms with Crippen molar-refractivity contribution in [1.82, 2.24) is 0 Å². The topological polar surface area (TPSA) is 12.0 Å². The highest BCUT2D eigenvalue weighted by Crippen LogP contribution is 2.34. The van der Waals surface area contributed by atoms with Gasteiger partial charge in [0.05, 0.1) is 5.92 Å². The van der Waals surface area contributed by atoms with E-state index in [1.807, 2.05) is 12.1 Å². The van der Waals surface area contributed by atoms with E-state index in [0.29, 0.717) is 0 Å². The van der Waals surface area contributed by atoms with Crippen LogP contribution in [-0.4, -0.2) is 12.7 Å². The van der Waals surface area contributed by atoms with Gasteiger partial charge in [-0.3, -0.25) is 0 Å². The Morgan fingerprint density at radius 3 is 2.64 bits per heavy atom. The van der Waals surface area contributed by atoms with Gasteiger partial charge in [-0.2, -0.15) is 13.2 Å². The molecule has 14 heavy (non-hydrogen) atoms. The highest BCUT2D eigenvalue weighted by atomic mass is 19.4. The van der Waals surface area contributed by atoms with Gasteiger partial charge >= 0.3 is 6.18 Å². The molecule has 76 valence electrons. The Hall–Kier alpha value is -1.19. The number of benzene rings is 1. The van der Waals surface area contributed by atoms with E-state index in [1.165, 1.54) is 0 Å². The van der Waals surface area contributed by atoms with Gasteiger partial charge in [-0.1, -0.05) is 18.2 Å². The van der Waals surface area contributed by atoms with E-state index < -0.39 is 12.1 Å². The first-order valence-electron chi connectivity index (χ1n) is 4.46. The number of halogens is 3. The van der Waals surface area contributed by atoms with Crippen LogP contribution in [0.1, 0.15) is 5.56 Å². The second-order valence-corrected chi connectivity index (χ2v) is 3.48. The third-order valence-corrected chi connectivity index (χ3v) is 2.49. The highest BCUT2D eigenvalue weighted by molar-refractivity contribution is 5.53. The second-order valence-electron chi connectivity index (χ2n) is 3.48. The Morgan fingerprint density at radius 2 is 1.93 bits per heavy atom. The standard InChI is InChI=1S/C10H10F3N/c11-10(12,13)8-5-7-3-1-2-4-9(7)14-6-8/h1-4,8,14H,5-6H2. The summed E-state index contributed by atoms with van der Waals surface area (Å²) in [5.41, 5.74) is 1.58. The van der Waals surface area contributed by atoms with Crippen LogP contribution < -0.4 is 5.32 Å². The maximum absolute atomic E-state index is 12.4. The maximum atomic E-state index is 12.4. The summed E-state index contributed by atoms with van der Waals surface area (Å²) in [5.74, 6) is -1.25. The molecule has 0 radical (unpaired) electrons. The van der Waals surface area contributed by atoms with Gasteiger partial charge in [0, 0.05) is 12.2 Å². The Labute approximate surface area is 79.9 Å². The molecule has 2 rings (SSSR count). The monoisotopic (exact) mass is 201 g/mol. The SMILES string of the molecule is FC(F)(F)C1CNc2ccccc2C1. The van der Waals surface area contributed by atoms with Crippen LogP contribution in [0.3, 0.4) is 0 Å². The molecule has 1 atom stereocenters. The van der Waals surface area contributed by atoms with E-state index in [4.69, 9.17) is 0 Å². The minimum atomic E-state index is -4.10. The van der Waals surface area contributed by atoms with Crippen LogP contribution in [0.15, 0.2) is 24.3 Å². The van der Waals surface area contributed by atoms with Crippen LogP contribution in [0.2, 0.25) is 0 Å². The summed E-state index contributed by atoms with van der Waals surface area (Å²) in [6, 6.07) is 7.13. The van der Waals surface area contributed by atoms with Gasteiger partial charge in [-0.05, 0) is 18.1 Å². The molecule has 0 aromatic heterocycles. The number of hydrogen-bond acceptors (Lipinski definition) is 1. The molecule has 0 saturated heterocycles. The minimum Gasteiger partial charge on any atom is -0.384 e. The molecule has 1 aromatic rings. The first kappa shape index (κ1) is 9.37. The number of fused-ring (bicyclic) bond motifs is 1. The smallest absolute Gasteiger partial charge is 0.384 e. The molecule has 4 heteroatoms. The number of para-hydroxylation sites is 1. The lowest BCUT2D eigenvalue weighted by Gasteiger charge is -2.27. The molecule has 0 aliphatic carbocycles. The molecule has 1 aliphatic heterocycles. The van der Waals surface area contributed by atoms with E-state index in [9.17, 15) is 13.2 Å². The molecule has 1 heterocycles. The van der Waals surface area contributed by atoms with Gasteiger partial charge in [0.15, 0.2) is 0 Å². The fraction of sp³-hybridized carbons (Fsp3) is 0.400. The van der Waals surface area contributed by atoms with Crippen molar-refractivity contribution in [1.29, 1.82) is 0 Å². The Balaban J connectivity index is 2.22. The molecule has 1 aromatic carbocycles. The van der Waals surface area contributed by atoms with Crippen LogP contribution in [-0.2, 0) is 6.42 Å². The molecular weight excluding hydrogens is 191 g/mol. The van der Waals surface area contributed by atoms with Crippen molar-refractivity contribution in [3.05, 3.63) is 29.8 Å². The van der Waals surface area contributed by atoms with Crippen molar-refractivity contribution >= 4 is 5.69 Å². The molecule has 1 nitrogen and oxygen atoms in total. The molecule has 0 bridgehead atoms. The minimum absolute atomic E-state index is 0.0134. The molecular formula is C10H10F3N. The van der Waals surface area contributed by atoms with E-state index in [0.717, 1.165) is 11.3 Å². The first-order chi connectivity index (χ1) is 6.57. The van der Waals surface area contributed by atoms with Crippen molar-refractivity contribution < 1.29 is 13.2 Å². The maximum Gasteiger partial charge on any atom is 0.393 e. The summed E-state index contributed by atoms with van der Waals surface area (Å²) >= 11 is 0. The highest BCUT2D eigenvalue weighted by Gasteiger charge is 2.41. The fourth-order valence-corrected chi connectivity index (χ4v) is 1.67. The zero-order valence-electron chi connectivity index (χ0n) is 7.43. The third-order valence-electron chi connectivity index (χ3n) is 2.49. The predicted molar refractivity (Wildman–Crippen MR) is 48.2 cm³/mol. The van der Waals surface area contributed by atoms with Gasteiger partial charge in [0.1, 0.15) is 0 Å². The summed E-state index contributed by atoms with van der Waals surface area (Å²) in [5, 5.41) is 2.80. The number of nitrogens with one attached hydrogen (secondary N) is 1. The average molecular weight is 201 g/mol. The van der Waals surface area contributed by atoms with Crippen LogP contribution >= 0.6 is 0 Å². The molecule has 1 aliphatic rings. The van der Waals surface area contributed by atoms with Gasteiger partial charge < -0.3 is 5.32 Å². The average Bonchev–Trinajstić information content (AvgIpc) is 2.16. The molecule has 1 unspecified atom stereocenters. The van der Waals surface area contributed by atoms with Crippen molar-refractivity contribution in [2.45, 2.75) is 12.6 Å².